The highest BCUT2D eigenvalue weighted by Crippen LogP contribution is 2.28. The second-order valence-corrected chi connectivity index (χ2v) is 5.76. The number of aromatic nitrogens is 3. The third kappa shape index (κ3) is 2.32. The molecule has 2 heterocycles. The van der Waals surface area contributed by atoms with E-state index in [-0.39, 0.29) is 11.9 Å². The van der Waals surface area contributed by atoms with Crippen molar-refractivity contribution in [3.05, 3.63) is 57.9 Å². The van der Waals surface area contributed by atoms with E-state index in [1.54, 1.807) is 23.5 Å². The summed E-state index contributed by atoms with van der Waals surface area (Å²) in [5.41, 5.74) is 0.988. The highest BCUT2D eigenvalue weighted by atomic mass is 32.1. The second-order valence-electron chi connectivity index (χ2n) is 4.43. The van der Waals surface area contributed by atoms with E-state index in [2.05, 4.69) is 10.2 Å². The first-order valence-electron chi connectivity index (χ1n) is 6.13. The van der Waals surface area contributed by atoms with Crippen molar-refractivity contribution in [3.63, 3.8) is 0 Å². The minimum Gasteiger partial charge on any atom is -0.292 e. The maximum absolute atomic E-state index is 13.0. The molecule has 1 unspecified atom stereocenters. The fourth-order valence-corrected chi connectivity index (χ4v) is 3.13. The molecule has 0 bridgehead atoms. The van der Waals surface area contributed by atoms with Gasteiger partial charge in [0, 0.05) is 0 Å². The fourth-order valence-electron chi connectivity index (χ4n) is 2.13. The summed E-state index contributed by atoms with van der Waals surface area (Å²) in [5, 5.41) is 9.14. The van der Waals surface area contributed by atoms with Crippen molar-refractivity contribution in [3.8, 4) is 10.7 Å². The Morgan fingerprint density at radius 2 is 2.05 bits per heavy atom. The van der Waals surface area contributed by atoms with Gasteiger partial charge in [-0.25, -0.2) is 4.39 Å². The van der Waals surface area contributed by atoms with Gasteiger partial charge in [0.2, 0.25) is 0 Å². The molecule has 0 spiro atoms. The van der Waals surface area contributed by atoms with Gasteiger partial charge in [-0.1, -0.05) is 18.2 Å². The van der Waals surface area contributed by atoms with Gasteiger partial charge in [-0.15, -0.1) is 11.3 Å². The number of hydrogen-bond acceptors (Lipinski definition) is 3. The van der Waals surface area contributed by atoms with Crippen LogP contribution in [0.5, 0.6) is 0 Å². The van der Waals surface area contributed by atoms with E-state index in [0.29, 0.717) is 4.77 Å². The van der Waals surface area contributed by atoms with Gasteiger partial charge in [-0.2, -0.15) is 5.10 Å². The van der Waals surface area contributed by atoms with Crippen molar-refractivity contribution in [2.75, 3.05) is 0 Å². The molecule has 20 heavy (non-hydrogen) atoms. The Labute approximate surface area is 124 Å². The van der Waals surface area contributed by atoms with Crippen LogP contribution in [0.15, 0.2) is 41.8 Å². The summed E-state index contributed by atoms with van der Waals surface area (Å²) in [6.07, 6.45) is 0. The molecule has 1 N–H and O–H groups in total. The smallest absolute Gasteiger partial charge is 0.196 e. The Hall–Kier alpha value is -1.79. The largest absolute Gasteiger partial charge is 0.292 e. The predicted molar refractivity (Wildman–Crippen MR) is 80.9 cm³/mol. The molecule has 0 radical (unpaired) electrons. The summed E-state index contributed by atoms with van der Waals surface area (Å²) in [6, 6.07) is 10.4. The predicted octanol–water partition coefficient (Wildman–Crippen LogP) is 4.42. The molecule has 102 valence electrons. The number of rotatable bonds is 3. The molecule has 0 fully saturated rings. The van der Waals surface area contributed by atoms with E-state index in [1.165, 1.54) is 12.1 Å². The van der Waals surface area contributed by atoms with Crippen molar-refractivity contribution in [1.82, 2.24) is 14.8 Å². The topological polar surface area (TPSA) is 33.6 Å². The summed E-state index contributed by atoms with van der Waals surface area (Å²) >= 11 is 6.93. The van der Waals surface area contributed by atoms with Crippen LogP contribution >= 0.6 is 23.6 Å². The summed E-state index contributed by atoms with van der Waals surface area (Å²) in [5.74, 6) is 0.567. The zero-order valence-corrected chi connectivity index (χ0v) is 12.3. The standard InChI is InChI=1S/C14H12FN3S2/c1-9(10-4-6-11(15)7-5-10)18-13(16-17-14(18)19)12-3-2-8-20-12/h2-9H,1H3,(H,17,19). The highest BCUT2D eigenvalue weighted by Gasteiger charge is 2.16. The van der Waals surface area contributed by atoms with Crippen LogP contribution in [0.2, 0.25) is 0 Å². The number of nitrogens with zero attached hydrogens (tertiary/aromatic N) is 2. The Morgan fingerprint density at radius 1 is 1.30 bits per heavy atom. The second kappa shape index (κ2) is 5.30. The quantitative estimate of drug-likeness (QED) is 0.727. The molecule has 6 heteroatoms. The lowest BCUT2D eigenvalue weighted by molar-refractivity contribution is 0.614. The van der Waals surface area contributed by atoms with Gasteiger partial charge in [0.15, 0.2) is 10.6 Å². The van der Waals surface area contributed by atoms with E-state index in [4.69, 9.17) is 12.2 Å². The third-order valence-electron chi connectivity index (χ3n) is 3.19. The monoisotopic (exact) mass is 305 g/mol. The maximum Gasteiger partial charge on any atom is 0.196 e. The van der Waals surface area contributed by atoms with Gasteiger partial charge in [0.25, 0.3) is 0 Å². The lowest BCUT2D eigenvalue weighted by Gasteiger charge is -2.15. The molecule has 0 amide bonds. The molecular weight excluding hydrogens is 293 g/mol. The van der Waals surface area contributed by atoms with Gasteiger partial charge >= 0.3 is 0 Å². The van der Waals surface area contributed by atoms with E-state index >= 15 is 0 Å². The number of halogens is 1. The maximum atomic E-state index is 13.0. The highest BCUT2D eigenvalue weighted by molar-refractivity contribution is 7.71. The van der Waals surface area contributed by atoms with Crippen LogP contribution in [-0.2, 0) is 0 Å². The van der Waals surface area contributed by atoms with Crippen LogP contribution in [0.3, 0.4) is 0 Å². The van der Waals surface area contributed by atoms with E-state index in [0.717, 1.165) is 16.3 Å². The summed E-state index contributed by atoms with van der Waals surface area (Å²) in [4.78, 5) is 1.05. The van der Waals surface area contributed by atoms with Gasteiger partial charge < -0.3 is 0 Å². The number of benzene rings is 1. The van der Waals surface area contributed by atoms with Gasteiger partial charge in [0.05, 0.1) is 10.9 Å². The van der Waals surface area contributed by atoms with E-state index < -0.39 is 0 Å². The first-order chi connectivity index (χ1) is 9.66. The molecule has 2 aromatic heterocycles. The molecule has 3 nitrogen and oxygen atoms in total. The van der Waals surface area contributed by atoms with Gasteiger partial charge in [0.1, 0.15) is 5.82 Å². The molecule has 0 aliphatic carbocycles. The summed E-state index contributed by atoms with van der Waals surface area (Å²) in [6.45, 7) is 2.02. The van der Waals surface area contributed by atoms with Crippen molar-refractivity contribution < 1.29 is 4.39 Å². The SMILES string of the molecule is CC(c1ccc(F)cc1)n1c(-c2cccs2)n[nH]c1=S. The van der Waals surface area contributed by atoms with Crippen LogP contribution in [0.25, 0.3) is 10.7 Å². The van der Waals surface area contributed by atoms with Crippen LogP contribution in [-0.4, -0.2) is 14.8 Å². The number of H-pyrrole nitrogens is 1. The molecule has 0 aliphatic heterocycles. The number of thiophene rings is 1. The molecule has 0 saturated heterocycles. The van der Waals surface area contributed by atoms with Crippen LogP contribution in [0.4, 0.5) is 4.39 Å². The van der Waals surface area contributed by atoms with Crippen LogP contribution < -0.4 is 0 Å². The normalized spacial score (nSPS) is 12.5. The minimum atomic E-state index is -0.241. The Balaban J connectivity index is 2.08. The van der Waals surface area contributed by atoms with E-state index in [1.807, 2.05) is 29.0 Å². The molecule has 0 aliphatic rings. The molecule has 3 rings (SSSR count). The van der Waals surface area contributed by atoms with E-state index in [9.17, 15) is 4.39 Å². The lowest BCUT2D eigenvalue weighted by atomic mass is 10.1. The van der Waals surface area contributed by atoms with Crippen molar-refractivity contribution in [2.45, 2.75) is 13.0 Å². The number of nitrogens with one attached hydrogen (secondary N) is 1. The Kier molecular flexibility index (Phi) is 3.50. The van der Waals surface area contributed by atoms with Gasteiger partial charge in [-0.05, 0) is 48.3 Å². The molecular formula is C14H12FN3S2. The van der Waals surface area contributed by atoms with Crippen LogP contribution in [0.1, 0.15) is 18.5 Å². The summed E-state index contributed by atoms with van der Waals surface area (Å²) < 4.78 is 15.5. The number of hydrogen-bond donors (Lipinski definition) is 1. The third-order valence-corrected chi connectivity index (χ3v) is 4.34. The first kappa shape index (κ1) is 13.2. The lowest BCUT2D eigenvalue weighted by Crippen LogP contribution is -2.08. The van der Waals surface area contributed by atoms with Crippen molar-refractivity contribution >= 4 is 23.6 Å². The number of aromatic amines is 1. The van der Waals surface area contributed by atoms with Gasteiger partial charge in [-0.3, -0.25) is 9.67 Å². The Bertz CT molecular complexity index is 757. The zero-order chi connectivity index (χ0) is 14.1. The fraction of sp³-hybridized carbons (Fsp3) is 0.143. The summed E-state index contributed by atoms with van der Waals surface area (Å²) in [7, 11) is 0. The minimum absolute atomic E-state index is 0.0149. The average Bonchev–Trinajstić information content (AvgIpc) is 3.07. The molecule has 1 atom stereocenters. The Morgan fingerprint density at radius 3 is 2.70 bits per heavy atom. The first-order valence-corrected chi connectivity index (χ1v) is 7.42. The zero-order valence-electron chi connectivity index (χ0n) is 10.7. The van der Waals surface area contributed by atoms with Crippen LogP contribution in [0, 0.1) is 10.6 Å². The molecule has 0 saturated carbocycles. The molecule has 1 aromatic carbocycles. The molecule has 3 aromatic rings. The van der Waals surface area contributed by atoms with Crippen molar-refractivity contribution in [1.29, 1.82) is 0 Å². The van der Waals surface area contributed by atoms with Crippen molar-refractivity contribution in [2.24, 2.45) is 0 Å². The average molecular weight is 305 g/mol.